The number of aryl methyl sites for hydroxylation is 1. The molecule has 1 aliphatic carbocycles. The van der Waals surface area contributed by atoms with Crippen molar-refractivity contribution in [3.8, 4) is 0 Å². The molecule has 1 aliphatic heterocycles. The van der Waals surface area contributed by atoms with Crippen LogP contribution in [0.3, 0.4) is 0 Å². The first kappa shape index (κ1) is 15.6. The molecule has 2 aromatic heterocycles. The van der Waals surface area contributed by atoms with Crippen LogP contribution in [-0.2, 0) is 4.74 Å². The van der Waals surface area contributed by atoms with Crippen molar-refractivity contribution in [3.63, 3.8) is 0 Å². The summed E-state index contributed by atoms with van der Waals surface area (Å²) in [6, 6.07) is -0.191. The van der Waals surface area contributed by atoms with Gasteiger partial charge in [-0.25, -0.2) is 9.97 Å². The summed E-state index contributed by atoms with van der Waals surface area (Å²) < 4.78 is 10.9. The molecule has 24 heavy (non-hydrogen) atoms. The normalized spacial score (nSPS) is 21.0. The zero-order chi connectivity index (χ0) is 16.5. The highest BCUT2D eigenvalue weighted by Crippen LogP contribution is 2.31. The van der Waals surface area contributed by atoms with E-state index in [0.717, 1.165) is 23.3 Å². The second-order valence-corrected chi connectivity index (χ2v) is 7.12. The van der Waals surface area contributed by atoms with E-state index in [-0.39, 0.29) is 11.9 Å². The zero-order valence-corrected chi connectivity index (χ0v) is 14.3. The monoisotopic (exact) mass is 348 g/mol. The molecule has 0 spiro atoms. The van der Waals surface area contributed by atoms with E-state index in [9.17, 15) is 4.79 Å². The summed E-state index contributed by atoms with van der Waals surface area (Å²) in [5.74, 6) is 0.936. The fraction of sp³-hybridized carbons (Fsp3) is 0.562. The number of thiazole rings is 1. The predicted octanol–water partition coefficient (Wildman–Crippen LogP) is 2.48. The third-order valence-corrected chi connectivity index (χ3v) is 5.25. The van der Waals surface area contributed by atoms with Crippen LogP contribution in [-0.4, -0.2) is 47.1 Å². The molecule has 0 aromatic carbocycles. The number of amides is 1. The molecular formula is C16H20N4O3S. The summed E-state index contributed by atoms with van der Waals surface area (Å²) in [5, 5.41) is 6.29. The van der Waals surface area contributed by atoms with Crippen molar-refractivity contribution in [1.29, 1.82) is 0 Å². The van der Waals surface area contributed by atoms with Gasteiger partial charge in [-0.1, -0.05) is 0 Å². The highest BCUT2D eigenvalue weighted by atomic mass is 32.1. The molecule has 0 radical (unpaired) electrons. The van der Waals surface area contributed by atoms with Gasteiger partial charge in [0.2, 0.25) is 5.76 Å². The number of ether oxygens (including phenoxy) is 1. The van der Waals surface area contributed by atoms with Gasteiger partial charge in [-0.3, -0.25) is 4.79 Å². The SMILES string of the molecule is Cc1ncoc1C(=O)N1CCOCC1c1csc(NCC2CC2)n1. The molecule has 2 fully saturated rings. The van der Waals surface area contributed by atoms with Gasteiger partial charge in [0.25, 0.3) is 5.91 Å². The van der Waals surface area contributed by atoms with E-state index in [4.69, 9.17) is 9.15 Å². The van der Waals surface area contributed by atoms with Crippen molar-refractivity contribution in [1.82, 2.24) is 14.9 Å². The molecule has 1 atom stereocenters. The van der Waals surface area contributed by atoms with Gasteiger partial charge in [0, 0.05) is 18.5 Å². The average Bonchev–Trinajstić information content (AvgIpc) is 3.14. The van der Waals surface area contributed by atoms with E-state index in [0.29, 0.717) is 31.2 Å². The first-order valence-electron chi connectivity index (χ1n) is 8.20. The number of aromatic nitrogens is 2. The Morgan fingerprint density at radius 3 is 3.12 bits per heavy atom. The lowest BCUT2D eigenvalue weighted by atomic mass is 10.1. The molecule has 2 aromatic rings. The fourth-order valence-electron chi connectivity index (χ4n) is 2.80. The van der Waals surface area contributed by atoms with Crippen molar-refractivity contribution in [2.45, 2.75) is 25.8 Å². The van der Waals surface area contributed by atoms with E-state index < -0.39 is 0 Å². The van der Waals surface area contributed by atoms with Crippen LogP contribution in [0.1, 0.15) is 40.8 Å². The van der Waals surface area contributed by atoms with Gasteiger partial charge < -0.3 is 19.4 Å². The lowest BCUT2D eigenvalue weighted by Crippen LogP contribution is -2.43. The Morgan fingerprint density at radius 1 is 1.50 bits per heavy atom. The lowest BCUT2D eigenvalue weighted by Gasteiger charge is -2.34. The van der Waals surface area contributed by atoms with Crippen LogP contribution >= 0.6 is 11.3 Å². The molecule has 1 N–H and O–H groups in total. The Kier molecular flexibility index (Phi) is 4.24. The zero-order valence-electron chi connectivity index (χ0n) is 13.5. The van der Waals surface area contributed by atoms with Gasteiger partial charge in [0.05, 0.1) is 30.6 Å². The smallest absolute Gasteiger partial charge is 0.292 e. The number of carbonyl (C=O) groups excluding carboxylic acids is 1. The molecule has 1 saturated carbocycles. The van der Waals surface area contributed by atoms with Crippen molar-refractivity contribution in [3.05, 3.63) is 28.9 Å². The summed E-state index contributed by atoms with van der Waals surface area (Å²) in [4.78, 5) is 23.2. The van der Waals surface area contributed by atoms with Gasteiger partial charge in [-0.05, 0) is 25.7 Å². The Labute approximate surface area is 144 Å². The van der Waals surface area contributed by atoms with Crippen LogP contribution in [0.15, 0.2) is 16.2 Å². The first-order chi connectivity index (χ1) is 11.7. The van der Waals surface area contributed by atoms with E-state index in [1.165, 1.54) is 19.2 Å². The second kappa shape index (κ2) is 6.52. The van der Waals surface area contributed by atoms with Crippen LogP contribution in [0.5, 0.6) is 0 Å². The maximum atomic E-state index is 12.8. The molecule has 8 heteroatoms. The predicted molar refractivity (Wildman–Crippen MR) is 89.2 cm³/mol. The van der Waals surface area contributed by atoms with Gasteiger partial charge >= 0.3 is 0 Å². The topological polar surface area (TPSA) is 80.5 Å². The maximum Gasteiger partial charge on any atom is 0.292 e. The molecule has 128 valence electrons. The highest BCUT2D eigenvalue weighted by molar-refractivity contribution is 7.13. The average molecular weight is 348 g/mol. The molecule has 1 unspecified atom stereocenters. The van der Waals surface area contributed by atoms with Crippen molar-refractivity contribution >= 4 is 22.4 Å². The van der Waals surface area contributed by atoms with E-state index in [2.05, 4.69) is 15.3 Å². The minimum absolute atomic E-state index is 0.154. The number of rotatable bonds is 5. The van der Waals surface area contributed by atoms with Crippen molar-refractivity contribution in [2.24, 2.45) is 5.92 Å². The number of carbonyl (C=O) groups is 1. The summed E-state index contributed by atoms with van der Waals surface area (Å²) >= 11 is 1.58. The van der Waals surface area contributed by atoms with Crippen LogP contribution in [0.2, 0.25) is 0 Å². The number of morpholine rings is 1. The Hall–Kier alpha value is -1.93. The molecule has 3 heterocycles. The molecule has 1 saturated heterocycles. The lowest BCUT2D eigenvalue weighted by molar-refractivity contribution is -0.00531. The van der Waals surface area contributed by atoms with Gasteiger partial charge in [0.15, 0.2) is 11.5 Å². The van der Waals surface area contributed by atoms with Gasteiger partial charge in [-0.2, -0.15) is 0 Å². The molecular weight excluding hydrogens is 328 g/mol. The number of hydrogen-bond acceptors (Lipinski definition) is 7. The summed E-state index contributed by atoms with van der Waals surface area (Å²) in [6.45, 7) is 4.24. The quantitative estimate of drug-likeness (QED) is 0.894. The van der Waals surface area contributed by atoms with Gasteiger partial charge in [0.1, 0.15) is 0 Å². The van der Waals surface area contributed by atoms with Crippen LogP contribution in [0, 0.1) is 12.8 Å². The molecule has 1 amide bonds. The maximum absolute atomic E-state index is 12.8. The number of nitrogens with one attached hydrogen (secondary N) is 1. The summed E-state index contributed by atoms with van der Waals surface area (Å²) in [7, 11) is 0. The highest BCUT2D eigenvalue weighted by Gasteiger charge is 2.33. The molecule has 0 bridgehead atoms. The van der Waals surface area contributed by atoms with Crippen molar-refractivity contribution in [2.75, 3.05) is 31.6 Å². The van der Waals surface area contributed by atoms with Gasteiger partial charge in [-0.15, -0.1) is 11.3 Å². The summed E-state index contributed by atoms with van der Waals surface area (Å²) in [5.41, 5.74) is 1.47. The van der Waals surface area contributed by atoms with E-state index in [1.54, 1.807) is 23.2 Å². The van der Waals surface area contributed by atoms with E-state index in [1.807, 2.05) is 5.38 Å². The minimum atomic E-state index is -0.191. The second-order valence-electron chi connectivity index (χ2n) is 6.26. The van der Waals surface area contributed by atoms with Crippen LogP contribution in [0.4, 0.5) is 5.13 Å². The Morgan fingerprint density at radius 2 is 2.38 bits per heavy atom. The minimum Gasteiger partial charge on any atom is -0.438 e. The van der Waals surface area contributed by atoms with Crippen LogP contribution < -0.4 is 5.32 Å². The molecule has 7 nitrogen and oxygen atoms in total. The number of nitrogens with zero attached hydrogens (tertiary/aromatic N) is 3. The summed E-state index contributed by atoms with van der Waals surface area (Å²) in [6.07, 6.45) is 3.92. The third kappa shape index (κ3) is 3.16. The van der Waals surface area contributed by atoms with Crippen LogP contribution in [0.25, 0.3) is 0 Å². The van der Waals surface area contributed by atoms with Crippen molar-refractivity contribution < 1.29 is 13.9 Å². The van der Waals surface area contributed by atoms with E-state index >= 15 is 0 Å². The molecule has 4 rings (SSSR count). The largest absolute Gasteiger partial charge is 0.438 e. The number of anilines is 1. The number of hydrogen-bond donors (Lipinski definition) is 1. The fourth-order valence-corrected chi connectivity index (χ4v) is 3.57. The standard InChI is InChI=1S/C16H20N4O3S/c1-10-14(23-9-18-10)15(21)20-4-5-22-7-13(20)12-8-24-16(19-12)17-6-11-2-3-11/h8-9,11,13H,2-7H2,1H3,(H,17,19). The number of oxazole rings is 1. The molecule has 2 aliphatic rings. The first-order valence-corrected chi connectivity index (χ1v) is 9.08. The Balaban J connectivity index is 1.51. The third-order valence-electron chi connectivity index (χ3n) is 4.43. The Bertz CT molecular complexity index is 724.